The van der Waals surface area contributed by atoms with E-state index in [0.717, 1.165) is 12.3 Å². The van der Waals surface area contributed by atoms with Crippen molar-refractivity contribution in [2.24, 2.45) is 5.92 Å². The molecule has 0 fully saturated rings. The molecule has 0 heterocycles. The van der Waals surface area contributed by atoms with Gasteiger partial charge in [-0.05, 0) is 85.5 Å². The summed E-state index contributed by atoms with van der Waals surface area (Å²) >= 11 is 0. The van der Waals surface area contributed by atoms with E-state index in [1.807, 2.05) is 13.8 Å². The van der Waals surface area contributed by atoms with Crippen LogP contribution in [0.4, 0.5) is 0 Å². The predicted molar refractivity (Wildman–Crippen MR) is 98.7 cm³/mol. The first kappa shape index (κ1) is 17.3. The largest absolute Gasteiger partial charge is 0.0996 e. The molecule has 1 aromatic carbocycles. The van der Waals surface area contributed by atoms with Crippen LogP contribution in [0.3, 0.4) is 0 Å². The van der Waals surface area contributed by atoms with Crippen LogP contribution in [0.1, 0.15) is 88.0 Å². The lowest BCUT2D eigenvalue weighted by Crippen LogP contribution is -2.04. The van der Waals surface area contributed by atoms with Crippen LogP contribution in [0.5, 0.6) is 0 Å². The van der Waals surface area contributed by atoms with Gasteiger partial charge in [-0.15, -0.1) is 0 Å². The highest BCUT2D eigenvalue weighted by atomic mass is 14.3. The minimum absolute atomic E-state index is 0.695. The number of benzene rings is 1. The third-order valence-corrected chi connectivity index (χ3v) is 5.69. The highest BCUT2D eigenvalue weighted by Crippen LogP contribution is 2.43. The minimum atomic E-state index is 0.695. The van der Waals surface area contributed by atoms with Crippen LogP contribution in [0.2, 0.25) is 0 Å². The standard InChI is InChI=1S/C20H28.C2H6/c1-4-14(2)15(3)8-9-17-12-13-18-11-10-16-6-5-7-19(16)20(17)18;1-2/h10-11,15,17H,2,4-9,12-13H2,1,3H3;1-2H3. The molecule has 122 valence electrons. The molecule has 0 aromatic heterocycles. The van der Waals surface area contributed by atoms with Gasteiger partial charge in [0.05, 0.1) is 0 Å². The second-order valence-corrected chi connectivity index (χ2v) is 6.86. The second kappa shape index (κ2) is 7.99. The van der Waals surface area contributed by atoms with Gasteiger partial charge in [-0.2, -0.15) is 0 Å². The number of fused-ring (bicyclic) bond motifs is 3. The fourth-order valence-electron chi connectivity index (χ4n) is 4.24. The quantitative estimate of drug-likeness (QED) is 0.536. The lowest BCUT2D eigenvalue weighted by molar-refractivity contribution is 0.505. The fourth-order valence-corrected chi connectivity index (χ4v) is 4.24. The zero-order valence-corrected chi connectivity index (χ0v) is 15.2. The maximum Gasteiger partial charge on any atom is -0.0153 e. The lowest BCUT2D eigenvalue weighted by Gasteiger charge is -2.19. The molecule has 22 heavy (non-hydrogen) atoms. The molecule has 0 bridgehead atoms. The van der Waals surface area contributed by atoms with Gasteiger partial charge in [0, 0.05) is 0 Å². The lowest BCUT2D eigenvalue weighted by atomic mass is 9.86. The van der Waals surface area contributed by atoms with E-state index in [1.165, 1.54) is 50.5 Å². The molecule has 1 aromatic rings. The summed E-state index contributed by atoms with van der Waals surface area (Å²) in [6, 6.07) is 4.83. The Morgan fingerprint density at radius 1 is 1.18 bits per heavy atom. The molecule has 2 unspecified atom stereocenters. The fraction of sp³-hybridized carbons (Fsp3) is 0.636. The van der Waals surface area contributed by atoms with Gasteiger partial charge >= 0.3 is 0 Å². The summed E-state index contributed by atoms with van der Waals surface area (Å²) in [4.78, 5) is 0. The van der Waals surface area contributed by atoms with Gasteiger partial charge in [-0.1, -0.05) is 52.0 Å². The molecule has 0 N–H and O–H groups in total. The van der Waals surface area contributed by atoms with Crippen molar-refractivity contribution >= 4 is 0 Å². The van der Waals surface area contributed by atoms with Crippen LogP contribution >= 0.6 is 0 Å². The van der Waals surface area contributed by atoms with E-state index < -0.39 is 0 Å². The maximum atomic E-state index is 4.22. The molecule has 0 saturated carbocycles. The Bertz CT molecular complexity index is 509. The first-order valence-electron chi connectivity index (χ1n) is 9.52. The normalized spacial score (nSPS) is 19.9. The van der Waals surface area contributed by atoms with E-state index in [4.69, 9.17) is 0 Å². The van der Waals surface area contributed by atoms with E-state index in [1.54, 1.807) is 22.3 Å². The third kappa shape index (κ3) is 3.47. The van der Waals surface area contributed by atoms with E-state index in [9.17, 15) is 0 Å². The summed E-state index contributed by atoms with van der Waals surface area (Å²) in [6.45, 7) is 12.8. The Labute approximate surface area is 138 Å². The average Bonchev–Trinajstić information content (AvgIpc) is 3.19. The van der Waals surface area contributed by atoms with Crippen molar-refractivity contribution in [1.29, 1.82) is 0 Å². The molecule has 0 radical (unpaired) electrons. The van der Waals surface area contributed by atoms with Gasteiger partial charge in [0.1, 0.15) is 0 Å². The van der Waals surface area contributed by atoms with Crippen LogP contribution < -0.4 is 0 Å². The van der Waals surface area contributed by atoms with Crippen LogP contribution in [-0.4, -0.2) is 0 Å². The van der Waals surface area contributed by atoms with Crippen molar-refractivity contribution in [3.05, 3.63) is 46.5 Å². The maximum absolute atomic E-state index is 4.22. The van der Waals surface area contributed by atoms with Crippen molar-refractivity contribution in [2.75, 3.05) is 0 Å². The number of aryl methyl sites for hydroxylation is 2. The van der Waals surface area contributed by atoms with E-state index in [0.29, 0.717) is 5.92 Å². The van der Waals surface area contributed by atoms with Gasteiger partial charge < -0.3 is 0 Å². The molecule has 2 aliphatic carbocycles. The summed E-state index contributed by atoms with van der Waals surface area (Å²) in [5.41, 5.74) is 8.27. The third-order valence-electron chi connectivity index (χ3n) is 5.69. The molecular weight excluding hydrogens is 264 g/mol. The molecule has 2 atom stereocenters. The summed E-state index contributed by atoms with van der Waals surface area (Å²) in [7, 11) is 0. The summed E-state index contributed by atoms with van der Waals surface area (Å²) in [5.74, 6) is 1.53. The molecule has 3 rings (SSSR count). The minimum Gasteiger partial charge on any atom is -0.0996 e. The molecule has 0 saturated heterocycles. The summed E-state index contributed by atoms with van der Waals surface area (Å²) in [5, 5.41) is 0. The zero-order chi connectivity index (χ0) is 16.1. The highest BCUT2D eigenvalue weighted by Gasteiger charge is 2.28. The molecule has 0 amide bonds. The van der Waals surface area contributed by atoms with Gasteiger partial charge in [0.2, 0.25) is 0 Å². The van der Waals surface area contributed by atoms with Crippen LogP contribution in [0, 0.1) is 5.92 Å². The molecule has 0 aliphatic heterocycles. The highest BCUT2D eigenvalue weighted by molar-refractivity contribution is 5.48. The summed E-state index contributed by atoms with van der Waals surface area (Å²) < 4.78 is 0. The Morgan fingerprint density at radius 3 is 2.64 bits per heavy atom. The van der Waals surface area contributed by atoms with Crippen molar-refractivity contribution in [2.45, 2.75) is 85.0 Å². The van der Waals surface area contributed by atoms with Crippen molar-refractivity contribution in [1.82, 2.24) is 0 Å². The van der Waals surface area contributed by atoms with Crippen molar-refractivity contribution in [3.8, 4) is 0 Å². The van der Waals surface area contributed by atoms with E-state index >= 15 is 0 Å². The predicted octanol–water partition coefficient (Wildman–Crippen LogP) is 6.61. The Hall–Kier alpha value is -1.04. The topological polar surface area (TPSA) is 0 Å². The monoisotopic (exact) mass is 298 g/mol. The number of hydrogen-bond donors (Lipinski definition) is 0. The Balaban J connectivity index is 0.000000847. The second-order valence-electron chi connectivity index (χ2n) is 6.86. The van der Waals surface area contributed by atoms with Crippen LogP contribution in [0.15, 0.2) is 24.3 Å². The molecule has 0 nitrogen and oxygen atoms in total. The molecular formula is C22H34. The van der Waals surface area contributed by atoms with Gasteiger partial charge in [0.15, 0.2) is 0 Å². The molecule has 0 heteroatoms. The van der Waals surface area contributed by atoms with E-state index in [2.05, 4.69) is 32.6 Å². The zero-order valence-electron chi connectivity index (χ0n) is 15.2. The van der Waals surface area contributed by atoms with Gasteiger partial charge in [-0.25, -0.2) is 0 Å². The average molecular weight is 299 g/mol. The SMILES string of the molecule is C=C(CC)C(C)CCC1CCc2ccc3c(c21)CCC3.CC. The van der Waals surface area contributed by atoms with Crippen LogP contribution in [-0.2, 0) is 19.3 Å². The van der Waals surface area contributed by atoms with Crippen molar-refractivity contribution < 1.29 is 0 Å². The van der Waals surface area contributed by atoms with Gasteiger partial charge in [-0.3, -0.25) is 0 Å². The van der Waals surface area contributed by atoms with E-state index in [-0.39, 0.29) is 0 Å². The van der Waals surface area contributed by atoms with Gasteiger partial charge in [0.25, 0.3) is 0 Å². The smallest absolute Gasteiger partial charge is 0.0153 e. The number of allylic oxidation sites excluding steroid dienone is 1. The number of hydrogen-bond acceptors (Lipinski definition) is 0. The summed E-state index contributed by atoms with van der Waals surface area (Å²) in [6.07, 6.45) is 10.6. The number of rotatable bonds is 5. The van der Waals surface area contributed by atoms with Crippen molar-refractivity contribution in [3.63, 3.8) is 0 Å². The first-order chi connectivity index (χ1) is 10.7. The first-order valence-corrected chi connectivity index (χ1v) is 9.52. The van der Waals surface area contributed by atoms with Crippen LogP contribution in [0.25, 0.3) is 0 Å². The Morgan fingerprint density at radius 2 is 1.91 bits per heavy atom. The molecule has 0 spiro atoms. The Kier molecular flexibility index (Phi) is 6.29. The molecule has 2 aliphatic rings.